The van der Waals surface area contributed by atoms with Crippen LogP contribution < -0.4 is 9.47 Å². The Morgan fingerprint density at radius 1 is 0.973 bits per heavy atom. The molecule has 0 N–H and O–H groups in total. The Bertz CT molecular complexity index is 1360. The second kappa shape index (κ2) is 11.5. The maximum atomic E-state index is 12.9. The summed E-state index contributed by atoms with van der Waals surface area (Å²) in [5.74, 6) is 0.587. The van der Waals surface area contributed by atoms with Crippen molar-refractivity contribution in [1.29, 1.82) is 0 Å². The second-order valence-electron chi connectivity index (χ2n) is 9.21. The van der Waals surface area contributed by atoms with Crippen LogP contribution in [0, 0.1) is 13.8 Å². The number of imide groups is 1. The van der Waals surface area contributed by atoms with E-state index >= 15 is 0 Å². The molecule has 6 nitrogen and oxygen atoms in total. The minimum atomic E-state index is -0.466. The van der Waals surface area contributed by atoms with E-state index in [2.05, 4.69) is 13.8 Å². The fraction of sp³-hybridized carbons (Fsp3) is 0.233. The SMILES string of the molecule is Cc1ccc(C(=O)Oc2cccc(/C=C3\SC(=O)N(CCOc4cc(C)ccc4C(C)C)C3=O)c2)cc1. The fourth-order valence-corrected chi connectivity index (χ4v) is 4.72. The fourth-order valence-electron chi connectivity index (χ4n) is 3.86. The maximum absolute atomic E-state index is 12.9. The highest BCUT2D eigenvalue weighted by molar-refractivity contribution is 8.18. The van der Waals surface area contributed by atoms with Crippen LogP contribution in [0.4, 0.5) is 4.79 Å². The minimum Gasteiger partial charge on any atom is -0.491 e. The normalized spacial score (nSPS) is 14.5. The number of esters is 1. The van der Waals surface area contributed by atoms with Crippen LogP contribution >= 0.6 is 11.8 Å². The van der Waals surface area contributed by atoms with Gasteiger partial charge in [0.15, 0.2) is 0 Å². The quantitative estimate of drug-likeness (QED) is 0.187. The Kier molecular flexibility index (Phi) is 8.14. The first-order chi connectivity index (χ1) is 17.7. The van der Waals surface area contributed by atoms with Crippen LogP contribution in [0.1, 0.15) is 52.4 Å². The van der Waals surface area contributed by atoms with Crippen molar-refractivity contribution < 1.29 is 23.9 Å². The topological polar surface area (TPSA) is 72.9 Å². The molecule has 0 saturated carbocycles. The van der Waals surface area contributed by atoms with E-state index in [0.29, 0.717) is 27.7 Å². The highest BCUT2D eigenvalue weighted by Gasteiger charge is 2.34. The first-order valence-electron chi connectivity index (χ1n) is 12.1. The van der Waals surface area contributed by atoms with E-state index in [0.717, 1.165) is 34.2 Å². The first-order valence-corrected chi connectivity index (χ1v) is 12.9. The van der Waals surface area contributed by atoms with Gasteiger partial charge < -0.3 is 9.47 Å². The van der Waals surface area contributed by atoms with Gasteiger partial charge in [-0.2, -0.15) is 0 Å². The van der Waals surface area contributed by atoms with Crippen molar-refractivity contribution in [3.8, 4) is 11.5 Å². The van der Waals surface area contributed by atoms with Crippen molar-refractivity contribution in [3.63, 3.8) is 0 Å². The zero-order valence-electron chi connectivity index (χ0n) is 21.3. The third-order valence-electron chi connectivity index (χ3n) is 5.89. The molecule has 2 amide bonds. The molecular weight excluding hydrogens is 486 g/mol. The van der Waals surface area contributed by atoms with E-state index < -0.39 is 5.97 Å². The molecule has 0 spiro atoms. The monoisotopic (exact) mass is 515 g/mol. The molecule has 1 aliphatic heterocycles. The van der Waals surface area contributed by atoms with Crippen LogP contribution in [0.5, 0.6) is 11.5 Å². The van der Waals surface area contributed by atoms with Crippen LogP contribution in [-0.2, 0) is 4.79 Å². The number of hydrogen-bond acceptors (Lipinski definition) is 6. The van der Waals surface area contributed by atoms with E-state index in [1.165, 1.54) is 4.90 Å². The molecule has 0 atom stereocenters. The minimum absolute atomic E-state index is 0.154. The van der Waals surface area contributed by atoms with E-state index in [1.807, 2.05) is 44.2 Å². The molecule has 0 radical (unpaired) electrons. The van der Waals surface area contributed by atoms with Crippen LogP contribution in [0.3, 0.4) is 0 Å². The zero-order chi connectivity index (χ0) is 26.5. The molecular formula is C30H29NO5S. The highest BCUT2D eigenvalue weighted by atomic mass is 32.2. The van der Waals surface area contributed by atoms with E-state index in [1.54, 1.807) is 42.5 Å². The number of nitrogens with zero attached hydrogens (tertiary/aromatic N) is 1. The molecule has 4 rings (SSSR count). The van der Waals surface area contributed by atoms with Gasteiger partial charge >= 0.3 is 5.97 Å². The van der Waals surface area contributed by atoms with Crippen molar-refractivity contribution in [3.05, 3.63) is 99.5 Å². The number of benzene rings is 3. The van der Waals surface area contributed by atoms with Gasteiger partial charge in [-0.15, -0.1) is 0 Å². The maximum Gasteiger partial charge on any atom is 0.343 e. The largest absolute Gasteiger partial charge is 0.491 e. The van der Waals surface area contributed by atoms with Crippen molar-refractivity contribution >= 4 is 35.0 Å². The summed E-state index contributed by atoms with van der Waals surface area (Å²) in [5.41, 5.74) is 4.32. The van der Waals surface area contributed by atoms with Crippen LogP contribution in [0.15, 0.2) is 71.6 Å². The van der Waals surface area contributed by atoms with Crippen molar-refractivity contribution in [1.82, 2.24) is 4.90 Å². The first kappa shape index (κ1) is 26.2. The summed E-state index contributed by atoms with van der Waals surface area (Å²) in [6.07, 6.45) is 1.63. The summed E-state index contributed by atoms with van der Waals surface area (Å²) >= 11 is 0.887. The van der Waals surface area contributed by atoms with Crippen LogP contribution in [-0.4, -0.2) is 35.2 Å². The molecule has 1 aliphatic rings. The molecule has 7 heteroatoms. The van der Waals surface area contributed by atoms with Gasteiger partial charge in [0.05, 0.1) is 17.0 Å². The van der Waals surface area contributed by atoms with Gasteiger partial charge in [-0.3, -0.25) is 14.5 Å². The van der Waals surface area contributed by atoms with Crippen molar-refractivity contribution in [2.45, 2.75) is 33.6 Å². The Morgan fingerprint density at radius 3 is 2.43 bits per heavy atom. The standard InChI is InChI=1S/C30H29NO5S/c1-19(2)25-13-10-21(4)16-26(25)35-15-14-31-28(32)27(37-30(31)34)18-22-6-5-7-24(17-22)36-29(33)23-11-8-20(3)9-12-23/h5-13,16-19H,14-15H2,1-4H3/b27-18-. The lowest BCUT2D eigenvalue weighted by Gasteiger charge is -2.17. The molecule has 1 saturated heterocycles. The van der Waals surface area contributed by atoms with E-state index in [9.17, 15) is 14.4 Å². The molecule has 1 heterocycles. The molecule has 0 aromatic heterocycles. The Hall–Kier alpha value is -3.84. The molecule has 190 valence electrons. The number of thioether (sulfide) groups is 1. The van der Waals surface area contributed by atoms with Crippen LogP contribution in [0.25, 0.3) is 6.08 Å². The number of amides is 2. The third-order valence-corrected chi connectivity index (χ3v) is 6.80. The van der Waals surface area contributed by atoms with E-state index in [4.69, 9.17) is 9.47 Å². The zero-order valence-corrected chi connectivity index (χ0v) is 22.1. The van der Waals surface area contributed by atoms with Gasteiger partial charge in [0.2, 0.25) is 0 Å². The van der Waals surface area contributed by atoms with Gasteiger partial charge in [0.1, 0.15) is 18.1 Å². The molecule has 1 fully saturated rings. The van der Waals surface area contributed by atoms with E-state index in [-0.39, 0.29) is 24.3 Å². The summed E-state index contributed by atoms with van der Waals surface area (Å²) in [5, 5.41) is -0.338. The molecule has 3 aromatic rings. The van der Waals surface area contributed by atoms with Gasteiger partial charge in [-0.1, -0.05) is 55.8 Å². The Labute approximate surface area is 221 Å². The molecule has 0 bridgehead atoms. The Morgan fingerprint density at radius 2 is 1.70 bits per heavy atom. The number of carbonyl (C=O) groups excluding carboxylic acids is 3. The van der Waals surface area contributed by atoms with Crippen molar-refractivity contribution in [2.75, 3.05) is 13.2 Å². The lowest BCUT2D eigenvalue weighted by atomic mass is 10.0. The lowest BCUT2D eigenvalue weighted by Crippen LogP contribution is -2.32. The number of aryl methyl sites for hydroxylation is 2. The molecule has 0 unspecified atom stereocenters. The summed E-state index contributed by atoms with van der Waals surface area (Å²) in [6, 6.07) is 20.0. The summed E-state index contributed by atoms with van der Waals surface area (Å²) < 4.78 is 11.5. The second-order valence-corrected chi connectivity index (χ2v) is 10.2. The summed E-state index contributed by atoms with van der Waals surface area (Å²) in [4.78, 5) is 39.4. The predicted octanol–water partition coefficient (Wildman–Crippen LogP) is 6.76. The van der Waals surface area contributed by atoms with Crippen molar-refractivity contribution in [2.24, 2.45) is 0 Å². The summed E-state index contributed by atoms with van der Waals surface area (Å²) in [7, 11) is 0. The van der Waals surface area contributed by atoms with Gasteiger partial charge in [-0.25, -0.2) is 4.79 Å². The molecule has 3 aromatic carbocycles. The third kappa shape index (κ3) is 6.49. The van der Waals surface area contributed by atoms with Gasteiger partial charge in [-0.05, 0) is 84.6 Å². The highest BCUT2D eigenvalue weighted by Crippen LogP contribution is 2.33. The summed E-state index contributed by atoms with van der Waals surface area (Å²) in [6.45, 7) is 8.49. The lowest BCUT2D eigenvalue weighted by molar-refractivity contribution is -0.123. The van der Waals surface area contributed by atoms with Gasteiger partial charge in [0, 0.05) is 0 Å². The number of ether oxygens (including phenoxy) is 2. The molecule has 37 heavy (non-hydrogen) atoms. The number of carbonyl (C=O) groups is 3. The number of rotatable bonds is 8. The average Bonchev–Trinajstić information content (AvgIpc) is 3.11. The van der Waals surface area contributed by atoms with Crippen LogP contribution in [0.2, 0.25) is 0 Å². The smallest absolute Gasteiger partial charge is 0.343 e. The Balaban J connectivity index is 1.40. The number of hydrogen-bond donors (Lipinski definition) is 0. The average molecular weight is 516 g/mol. The van der Waals surface area contributed by atoms with Gasteiger partial charge in [0.25, 0.3) is 11.1 Å². The predicted molar refractivity (Wildman–Crippen MR) is 146 cm³/mol. The molecule has 0 aliphatic carbocycles.